The van der Waals surface area contributed by atoms with Crippen molar-refractivity contribution in [2.45, 2.75) is 52.1 Å². The number of fused-ring (bicyclic) bond motifs is 1. The van der Waals surface area contributed by atoms with Gasteiger partial charge >= 0.3 is 5.97 Å². The monoisotopic (exact) mass is 627 g/mol. The van der Waals surface area contributed by atoms with E-state index in [1.54, 1.807) is 24.5 Å². The number of carboxylic acid groups (broad SMARTS) is 1. The van der Waals surface area contributed by atoms with E-state index in [0.717, 1.165) is 35.2 Å². The average molecular weight is 628 g/mol. The number of piperidine rings is 1. The zero-order valence-corrected chi connectivity index (χ0v) is 25.1. The first-order valence-electron chi connectivity index (χ1n) is 14.9. The number of likely N-dealkylation sites (tertiary alicyclic amines) is 1. The third-order valence-corrected chi connectivity index (χ3v) is 8.06. The summed E-state index contributed by atoms with van der Waals surface area (Å²) in [5.41, 5.74) is 3.02. The molecular formula is C33H31F2N7O4. The standard InChI is InChI=1S/C33H31F2N7O4/c1-2-41-20-37-16-24(41)17-42-29-14-22(33(43)44)5-7-28(29)38-30(42)18-40-11-9-25(10-12-40)46-31-8-6-26(34)32(39-31)45-19-23-4-3-21(15-36)13-27(23)35/h3-8,13-14,16,20,25H,2,9-12,17-19H2,1H3,(H,43,44). The molecule has 13 heteroatoms. The second kappa shape index (κ2) is 13.3. The van der Waals surface area contributed by atoms with Crippen LogP contribution in [0.2, 0.25) is 0 Å². The van der Waals surface area contributed by atoms with Gasteiger partial charge < -0.3 is 23.7 Å². The number of hydrogen-bond donors (Lipinski definition) is 1. The Labute approximate surface area is 263 Å². The molecule has 0 aliphatic carbocycles. The van der Waals surface area contributed by atoms with E-state index < -0.39 is 17.6 Å². The number of nitrogens with zero attached hydrogens (tertiary/aromatic N) is 7. The first-order chi connectivity index (χ1) is 22.3. The minimum absolute atomic E-state index is 0.158. The van der Waals surface area contributed by atoms with Crippen LogP contribution in [-0.2, 0) is 26.2 Å². The van der Waals surface area contributed by atoms with E-state index in [1.165, 1.54) is 24.3 Å². The molecule has 0 amide bonds. The Balaban J connectivity index is 1.11. The predicted octanol–water partition coefficient (Wildman–Crippen LogP) is 5.17. The summed E-state index contributed by atoms with van der Waals surface area (Å²) in [6.45, 7) is 5.03. The first kappa shape index (κ1) is 30.7. The molecule has 0 atom stereocenters. The first-order valence-corrected chi connectivity index (χ1v) is 14.9. The molecule has 1 aliphatic heterocycles. The van der Waals surface area contributed by atoms with Crippen LogP contribution in [0, 0.1) is 23.0 Å². The molecule has 0 unspecified atom stereocenters. The quantitative estimate of drug-likeness (QED) is 0.211. The Hall–Kier alpha value is -5.35. The van der Waals surface area contributed by atoms with Crippen LogP contribution in [0.1, 0.15) is 52.8 Å². The average Bonchev–Trinajstić information content (AvgIpc) is 3.66. The second-order valence-electron chi connectivity index (χ2n) is 11.0. The van der Waals surface area contributed by atoms with Crippen LogP contribution in [0.5, 0.6) is 11.8 Å². The fourth-order valence-corrected chi connectivity index (χ4v) is 5.54. The number of halogens is 2. The summed E-state index contributed by atoms with van der Waals surface area (Å²) < 4.78 is 44.3. The number of aromatic carboxylic acids is 1. The number of aromatic nitrogens is 5. The molecule has 0 bridgehead atoms. The van der Waals surface area contributed by atoms with Crippen molar-refractivity contribution < 1.29 is 28.2 Å². The summed E-state index contributed by atoms with van der Waals surface area (Å²) in [7, 11) is 0. The summed E-state index contributed by atoms with van der Waals surface area (Å²) in [4.78, 5) is 27.3. The van der Waals surface area contributed by atoms with Crippen LogP contribution in [0.4, 0.5) is 8.78 Å². The Morgan fingerprint density at radius 3 is 2.63 bits per heavy atom. The molecule has 6 rings (SSSR count). The third-order valence-electron chi connectivity index (χ3n) is 8.06. The summed E-state index contributed by atoms with van der Waals surface area (Å²) in [6.07, 6.45) is 4.82. The van der Waals surface area contributed by atoms with Crippen molar-refractivity contribution in [2.24, 2.45) is 0 Å². The van der Waals surface area contributed by atoms with Gasteiger partial charge in [0.2, 0.25) is 5.88 Å². The zero-order chi connectivity index (χ0) is 32.2. The molecule has 4 heterocycles. The van der Waals surface area contributed by atoms with E-state index in [1.807, 2.05) is 23.8 Å². The van der Waals surface area contributed by atoms with E-state index in [4.69, 9.17) is 19.7 Å². The van der Waals surface area contributed by atoms with Crippen molar-refractivity contribution in [3.05, 3.63) is 101 Å². The summed E-state index contributed by atoms with van der Waals surface area (Å²) in [5.74, 6) is -1.58. The highest BCUT2D eigenvalue weighted by Crippen LogP contribution is 2.26. The van der Waals surface area contributed by atoms with Crippen LogP contribution in [0.25, 0.3) is 11.0 Å². The minimum atomic E-state index is -0.994. The molecule has 1 fully saturated rings. The van der Waals surface area contributed by atoms with E-state index in [2.05, 4.69) is 19.4 Å². The Kier molecular flexibility index (Phi) is 8.89. The van der Waals surface area contributed by atoms with Gasteiger partial charge in [0.1, 0.15) is 24.4 Å². The van der Waals surface area contributed by atoms with Crippen LogP contribution < -0.4 is 9.47 Å². The maximum Gasteiger partial charge on any atom is 0.335 e. The normalized spacial score (nSPS) is 14.0. The molecule has 236 valence electrons. The van der Waals surface area contributed by atoms with Gasteiger partial charge in [-0.2, -0.15) is 10.2 Å². The topological polar surface area (TPSA) is 131 Å². The van der Waals surface area contributed by atoms with E-state index in [9.17, 15) is 18.7 Å². The Bertz CT molecular complexity index is 1930. The van der Waals surface area contributed by atoms with Gasteiger partial charge in [0.15, 0.2) is 5.82 Å². The van der Waals surface area contributed by atoms with E-state index in [0.29, 0.717) is 39.0 Å². The lowest BCUT2D eigenvalue weighted by atomic mass is 10.1. The number of aryl methyl sites for hydroxylation is 1. The molecule has 0 spiro atoms. The number of imidazole rings is 2. The van der Waals surface area contributed by atoms with Gasteiger partial charge in [0.05, 0.1) is 53.3 Å². The second-order valence-corrected chi connectivity index (χ2v) is 11.0. The number of rotatable bonds is 11. The fourth-order valence-electron chi connectivity index (χ4n) is 5.54. The number of carboxylic acids is 1. The van der Waals surface area contributed by atoms with Gasteiger partial charge in [-0.25, -0.2) is 23.5 Å². The maximum atomic E-state index is 14.4. The van der Waals surface area contributed by atoms with Crippen molar-refractivity contribution in [3.8, 4) is 17.8 Å². The Morgan fingerprint density at radius 1 is 1.07 bits per heavy atom. The molecule has 0 radical (unpaired) electrons. The van der Waals surface area contributed by atoms with Crippen molar-refractivity contribution in [3.63, 3.8) is 0 Å². The number of benzene rings is 2. The van der Waals surface area contributed by atoms with Crippen LogP contribution in [0.15, 0.2) is 61.1 Å². The van der Waals surface area contributed by atoms with Crippen LogP contribution in [0.3, 0.4) is 0 Å². The number of hydrogen-bond acceptors (Lipinski definition) is 8. The third kappa shape index (κ3) is 6.67. The number of carbonyl (C=O) groups is 1. The molecule has 2 aromatic carbocycles. The van der Waals surface area contributed by atoms with E-state index in [-0.39, 0.29) is 41.2 Å². The molecule has 46 heavy (non-hydrogen) atoms. The smallest absolute Gasteiger partial charge is 0.335 e. The van der Waals surface area contributed by atoms with Crippen molar-refractivity contribution >= 4 is 17.0 Å². The molecule has 5 aromatic rings. The summed E-state index contributed by atoms with van der Waals surface area (Å²) in [6, 6.07) is 13.5. The molecule has 11 nitrogen and oxygen atoms in total. The predicted molar refractivity (Wildman–Crippen MR) is 162 cm³/mol. The lowest BCUT2D eigenvalue weighted by Crippen LogP contribution is -2.38. The van der Waals surface area contributed by atoms with Gasteiger partial charge in [-0.1, -0.05) is 6.07 Å². The highest BCUT2D eigenvalue weighted by molar-refractivity contribution is 5.92. The van der Waals surface area contributed by atoms with Crippen LogP contribution in [-0.4, -0.2) is 59.3 Å². The van der Waals surface area contributed by atoms with Crippen LogP contribution >= 0.6 is 0 Å². The van der Waals surface area contributed by atoms with Gasteiger partial charge in [-0.3, -0.25) is 4.90 Å². The summed E-state index contributed by atoms with van der Waals surface area (Å²) >= 11 is 0. The van der Waals surface area contributed by atoms with Gasteiger partial charge in [0, 0.05) is 37.5 Å². The molecule has 1 saturated heterocycles. The lowest BCUT2D eigenvalue weighted by Gasteiger charge is -2.31. The molecule has 3 aromatic heterocycles. The van der Waals surface area contributed by atoms with E-state index >= 15 is 0 Å². The molecule has 1 aliphatic rings. The highest BCUT2D eigenvalue weighted by Gasteiger charge is 2.24. The summed E-state index contributed by atoms with van der Waals surface area (Å²) in [5, 5.41) is 18.5. The fraction of sp³-hybridized carbons (Fsp3) is 0.303. The molecule has 1 N–H and O–H groups in total. The van der Waals surface area contributed by atoms with Crippen molar-refractivity contribution in [2.75, 3.05) is 13.1 Å². The zero-order valence-electron chi connectivity index (χ0n) is 25.1. The highest BCUT2D eigenvalue weighted by atomic mass is 19.1. The maximum absolute atomic E-state index is 14.4. The van der Waals surface area contributed by atoms with Crippen molar-refractivity contribution in [1.29, 1.82) is 5.26 Å². The minimum Gasteiger partial charge on any atom is -0.478 e. The largest absolute Gasteiger partial charge is 0.478 e. The van der Waals surface area contributed by atoms with Gasteiger partial charge in [-0.05, 0) is 56.2 Å². The number of ether oxygens (including phenoxy) is 2. The number of nitriles is 1. The molecular weight excluding hydrogens is 596 g/mol. The lowest BCUT2D eigenvalue weighted by molar-refractivity contribution is 0.0697. The van der Waals surface area contributed by atoms with Gasteiger partial charge in [0.25, 0.3) is 5.88 Å². The Morgan fingerprint density at radius 2 is 1.89 bits per heavy atom. The number of pyridine rings is 1. The van der Waals surface area contributed by atoms with Crippen molar-refractivity contribution in [1.82, 2.24) is 29.0 Å². The van der Waals surface area contributed by atoms with Gasteiger partial charge in [-0.15, -0.1) is 0 Å². The SMILES string of the molecule is CCn1cncc1Cn1c(CN2CCC(Oc3ccc(F)c(OCc4ccc(C#N)cc4F)n3)CC2)nc2ccc(C(=O)O)cc21. The molecule has 0 saturated carbocycles.